The lowest BCUT2D eigenvalue weighted by molar-refractivity contribution is 0.0969. The Morgan fingerprint density at radius 1 is 0.371 bits per heavy atom. The number of Topliss-reactive ketones (excluding diaryl/α,β-unsaturated/α-hetero) is 1. The minimum absolute atomic E-state index is 0.0868. The Balaban J connectivity index is 0.000000282. The maximum absolute atomic E-state index is 14.9. The van der Waals surface area contributed by atoms with Gasteiger partial charge in [0.25, 0.3) is 0 Å². The van der Waals surface area contributed by atoms with Gasteiger partial charge in [-0.1, -0.05) is 59.0 Å². The van der Waals surface area contributed by atoms with Crippen LogP contribution in [0.2, 0.25) is 0 Å². The van der Waals surface area contributed by atoms with Crippen LogP contribution in [0.15, 0.2) is 88.7 Å². The molecule has 2 aliphatic rings. The number of allylic oxidation sites excluding steroid dienone is 4. The molecule has 1 heterocycles. The summed E-state index contributed by atoms with van der Waals surface area (Å²) in [5, 5.41) is 0. The highest BCUT2D eigenvalue weighted by Crippen LogP contribution is 2.38. The van der Waals surface area contributed by atoms with Crippen LogP contribution in [0.4, 0.5) is 87.8 Å². The molecular weight excluding hydrogens is 1000 g/mol. The van der Waals surface area contributed by atoms with Gasteiger partial charge in [-0.25, -0.2) is 87.8 Å². The van der Waals surface area contributed by atoms with Crippen molar-refractivity contribution < 1.29 is 92.6 Å². The van der Waals surface area contributed by atoms with Crippen molar-refractivity contribution in [3.8, 4) is 0 Å². The van der Waals surface area contributed by atoms with Crippen LogP contribution in [0.1, 0.15) is 32.6 Å². The largest absolute Gasteiger partial charge is 0.293 e. The van der Waals surface area contributed by atoms with E-state index < -0.39 is 181 Å². The number of fused-ring (bicyclic) bond motifs is 2. The molecule has 0 N–H and O–H groups in total. The summed E-state index contributed by atoms with van der Waals surface area (Å²) in [7, 11) is -0.609. The van der Waals surface area contributed by atoms with Crippen molar-refractivity contribution in [3.63, 3.8) is 0 Å². The molecule has 6 aromatic rings. The molecule has 70 heavy (non-hydrogen) atoms. The van der Waals surface area contributed by atoms with Crippen LogP contribution in [0.3, 0.4) is 0 Å². The minimum Gasteiger partial charge on any atom is -0.293 e. The molecule has 2 atom stereocenters. The molecule has 6 aromatic carbocycles. The number of thiol groups is 1. The lowest BCUT2D eigenvalue weighted by atomic mass is 9.16. The fraction of sp³-hybridized carbons (Fsp3) is 0.106. The second-order valence-corrected chi connectivity index (χ2v) is 18.1. The first-order valence-corrected chi connectivity index (χ1v) is 21.2. The summed E-state index contributed by atoms with van der Waals surface area (Å²) < 4.78 is 288. The van der Waals surface area contributed by atoms with Crippen LogP contribution in [-0.2, 0) is 35.8 Å². The van der Waals surface area contributed by atoms with Gasteiger partial charge in [-0.2, -0.15) is 0 Å². The van der Waals surface area contributed by atoms with E-state index in [1.165, 1.54) is 14.7 Å². The molecule has 0 amide bonds. The van der Waals surface area contributed by atoms with Crippen molar-refractivity contribution >= 4 is 27.3 Å². The van der Waals surface area contributed by atoms with Gasteiger partial charge >= 0.3 is 0 Å². The molecule has 366 valence electrons. The average Bonchev–Trinajstić information content (AvgIpc) is 3.37. The first kappa shape index (κ1) is 51.2. The molecule has 8 rings (SSSR count). The Morgan fingerprint density at radius 3 is 1.01 bits per heavy atom. The van der Waals surface area contributed by atoms with Gasteiger partial charge in [-0.05, 0) is 52.6 Å². The summed E-state index contributed by atoms with van der Waals surface area (Å²) in [5.74, 6) is -57.6. The van der Waals surface area contributed by atoms with Crippen molar-refractivity contribution in [1.82, 2.24) is 0 Å². The zero-order chi connectivity index (χ0) is 51.4. The Morgan fingerprint density at radius 2 is 0.671 bits per heavy atom. The minimum atomic E-state index is -4.78. The molecule has 0 spiro atoms. The number of benzene rings is 6. The van der Waals surface area contributed by atoms with Crippen molar-refractivity contribution in [1.29, 1.82) is 0 Å². The Hall–Kier alpha value is -6.65. The smallest absolute Gasteiger partial charge is 0.200 e. The zero-order valence-corrected chi connectivity index (χ0v) is 35.3. The normalized spacial score (nSPS) is 15.3. The average molecular weight is 1030 g/mol. The molecule has 23 heteroatoms. The third-order valence-electron chi connectivity index (χ3n) is 11.7. The summed E-state index contributed by atoms with van der Waals surface area (Å²) in [6.07, 6.45) is -5.73. The summed E-state index contributed by atoms with van der Waals surface area (Å²) in [6, 6.07) is 18.6. The SMILES string of the molecule is Fc1c(F)c(F)c(C[B-](Cc2c(F)c(F)c(F)c(F)c2F)(Cc2c(F)c(F)c(F)c(F)c2F)Cc2c(F)c(F)c(F)c(F)c2F)c(F)c1F.O=C1c2ccccc2[SH+](c2ccccc2)=C2C=CC=CC12. The Labute approximate surface area is 383 Å². The van der Waals surface area contributed by atoms with E-state index >= 15 is 0 Å². The van der Waals surface area contributed by atoms with E-state index in [0.717, 1.165) is 5.56 Å². The Kier molecular flexibility index (Phi) is 14.4. The fourth-order valence-corrected chi connectivity index (χ4v) is 11.2. The van der Waals surface area contributed by atoms with E-state index in [4.69, 9.17) is 0 Å². The third kappa shape index (κ3) is 8.80. The number of carbonyl (C=O) groups is 1. The highest BCUT2D eigenvalue weighted by atomic mass is 32.2. The predicted molar refractivity (Wildman–Crippen MR) is 215 cm³/mol. The van der Waals surface area contributed by atoms with Gasteiger partial charge in [0.2, 0.25) is 23.3 Å². The quantitative estimate of drug-likeness (QED) is 0.0268. The van der Waals surface area contributed by atoms with E-state index in [-0.39, 0.29) is 11.7 Å². The van der Waals surface area contributed by atoms with Crippen LogP contribution < -0.4 is 0 Å². The molecule has 1 aliphatic carbocycles. The molecule has 0 fully saturated rings. The molecule has 0 bridgehead atoms. The van der Waals surface area contributed by atoms with Gasteiger partial charge in [0.1, 0.15) is 20.6 Å². The fourth-order valence-electron chi connectivity index (χ4n) is 8.50. The molecule has 0 saturated heterocycles. The van der Waals surface area contributed by atoms with Crippen LogP contribution >= 0.6 is 0 Å². The second-order valence-electron chi connectivity index (χ2n) is 15.9. The van der Waals surface area contributed by atoms with Crippen molar-refractivity contribution in [2.45, 2.75) is 35.1 Å². The second kappa shape index (κ2) is 19.6. The molecule has 1 nitrogen and oxygen atoms in total. The van der Waals surface area contributed by atoms with E-state index in [1.807, 2.05) is 42.5 Å². The van der Waals surface area contributed by atoms with Gasteiger partial charge in [0, 0.05) is 6.15 Å². The standard InChI is InChI=1S/C28H8BF20.C19H14OS/c30-9-5(10(31)18(39)25(46)17(9)38)1-29(2-6-11(32)19(40)26(47)20(41)12(6)33,3-7-13(34)21(42)27(48)22(43)14(7)35)4-8-15(36)23(44)28(49)24(45)16(8)37;20-19-15-10-4-6-12-17(15)21(14-8-2-1-3-9-14)18-13-7-5-11-16(18)19/h1-4H2;1-13,15H/q-1;/p+1. The van der Waals surface area contributed by atoms with Crippen LogP contribution in [0, 0.1) is 122 Å². The predicted octanol–water partition coefficient (Wildman–Crippen LogP) is 12.9. The van der Waals surface area contributed by atoms with E-state index in [1.54, 1.807) is 0 Å². The van der Waals surface area contributed by atoms with E-state index in [0.29, 0.717) is 0 Å². The van der Waals surface area contributed by atoms with Gasteiger partial charge in [0.05, 0.1) is 5.56 Å². The molecule has 0 saturated carbocycles. The number of hydrogen-bond acceptors (Lipinski definition) is 1. The first-order valence-electron chi connectivity index (χ1n) is 19.9. The van der Waals surface area contributed by atoms with Crippen molar-refractivity contribution in [2.24, 2.45) is 5.92 Å². The number of carbonyl (C=O) groups excluding carboxylic acids is 1. The summed E-state index contributed by atoms with van der Waals surface area (Å²) in [6.45, 7) is 0. The first-order chi connectivity index (χ1) is 33.0. The maximum atomic E-state index is 14.9. The summed E-state index contributed by atoms with van der Waals surface area (Å²) >= 11 is 0. The monoisotopic (exact) mass is 1030 g/mol. The molecular formula is C47H23BF20OS. The van der Waals surface area contributed by atoms with Crippen molar-refractivity contribution in [2.75, 3.05) is 0 Å². The van der Waals surface area contributed by atoms with Gasteiger partial charge in [-0.3, -0.25) is 4.79 Å². The third-order valence-corrected chi connectivity index (χ3v) is 14.3. The molecule has 0 radical (unpaired) electrons. The van der Waals surface area contributed by atoms with E-state index in [9.17, 15) is 92.6 Å². The highest BCUT2D eigenvalue weighted by Gasteiger charge is 2.41. The van der Waals surface area contributed by atoms with Crippen LogP contribution in [0.25, 0.3) is 0 Å². The van der Waals surface area contributed by atoms with Crippen LogP contribution in [0.5, 0.6) is 0 Å². The lowest BCUT2D eigenvalue weighted by Gasteiger charge is -2.41. The van der Waals surface area contributed by atoms with Crippen molar-refractivity contribution in [3.05, 3.63) is 223 Å². The zero-order valence-electron chi connectivity index (χ0n) is 34.4. The number of hydrogen-bond donors (Lipinski definition) is 0. The molecule has 2 unspecified atom stereocenters. The van der Waals surface area contributed by atoms with Gasteiger partial charge in [-0.15, -0.1) is 25.3 Å². The number of rotatable bonds is 9. The van der Waals surface area contributed by atoms with Gasteiger partial charge < -0.3 is 0 Å². The summed E-state index contributed by atoms with van der Waals surface area (Å²) in [5.41, 5.74) is -8.08. The molecule has 1 aliphatic heterocycles. The van der Waals surface area contributed by atoms with Crippen LogP contribution in [-0.4, -0.2) is 16.8 Å². The molecule has 0 aromatic heterocycles. The van der Waals surface area contributed by atoms with Gasteiger partial charge in [0.15, 0.2) is 98.9 Å². The number of ketones is 1. The Bertz CT molecular complexity index is 2850. The topological polar surface area (TPSA) is 17.1 Å². The van der Waals surface area contributed by atoms with E-state index in [2.05, 4.69) is 36.4 Å². The number of halogens is 20. The highest BCUT2D eigenvalue weighted by molar-refractivity contribution is 7.97. The summed E-state index contributed by atoms with van der Waals surface area (Å²) in [4.78, 5) is 16.5. The lowest BCUT2D eigenvalue weighted by Crippen LogP contribution is -2.49. The maximum Gasteiger partial charge on any atom is 0.200 e.